The molecule has 3 heterocycles. The molecular weight excluding hydrogens is 284 g/mol. The van der Waals surface area contributed by atoms with Crippen LogP contribution in [0.4, 0.5) is 5.00 Å². The van der Waals surface area contributed by atoms with E-state index in [-0.39, 0.29) is 5.91 Å². The molecule has 2 aromatic heterocycles. The minimum absolute atomic E-state index is 0.219. The molecular formula is C15H14N4OS. The highest BCUT2D eigenvalue weighted by molar-refractivity contribution is 7.16. The Balaban J connectivity index is 1.92. The van der Waals surface area contributed by atoms with Crippen LogP contribution in [0.3, 0.4) is 0 Å². The summed E-state index contributed by atoms with van der Waals surface area (Å²) < 4.78 is 0. The van der Waals surface area contributed by atoms with Crippen molar-refractivity contribution in [2.45, 2.75) is 19.9 Å². The summed E-state index contributed by atoms with van der Waals surface area (Å²) in [5.41, 5.74) is 2.88. The first kappa shape index (κ1) is 13.7. The van der Waals surface area contributed by atoms with Crippen molar-refractivity contribution in [1.82, 2.24) is 10.3 Å². The van der Waals surface area contributed by atoms with E-state index in [9.17, 15) is 10.1 Å². The maximum absolute atomic E-state index is 12.3. The van der Waals surface area contributed by atoms with Gasteiger partial charge in [0.2, 0.25) is 0 Å². The van der Waals surface area contributed by atoms with Gasteiger partial charge >= 0.3 is 0 Å². The molecule has 0 aromatic carbocycles. The minimum atomic E-state index is -0.219. The fourth-order valence-corrected chi connectivity index (χ4v) is 3.60. The zero-order valence-electron chi connectivity index (χ0n) is 11.6. The lowest BCUT2D eigenvalue weighted by Gasteiger charge is -2.11. The van der Waals surface area contributed by atoms with Crippen LogP contribution < -0.4 is 10.6 Å². The average Bonchev–Trinajstić information content (AvgIpc) is 2.84. The van der Waals surface area contributed by atoms with Gasteiger partial charge in [-0.3, -0.25) is 9.78 Å². The van der Waals surface area contributed by atoms with Gasteiger partial charge in [0.05, 0.1) is 11.1 Å². The molecule has 0 radical (unpaired) electrons. The molecule has 1 aliphatic heterocycles. The van der Waals surface area contributed by atoms with Crippen molar-refractivity contribution >= 4 is 22.2 Å². The van der Waals surface area contributed by atoms with Crippen LogP contribution in [0.2, 0.25) is 0 Å². The number of carbonyl (C=O) groups is 1. The molecule has 0 saturated heterocycles. The van der Waals surface area contributed by atoms with E-state index >= 15 is 0 Å². The van der Waals surface area contributed by atoms with Crippen molar-refractivity contribution in [3.63, 3.8) is 0 Å². The van der Waals surface area contributed by atoms with Gasteiger partial charge in [-0.05, 0) is 37.6 Å². The van der Waals surface area contributed by atoms with Crippen molar-refractivity contribution in [1.29, 1.82) is 5.26 Å². The number of nitrogens with zero attached hydrogens (tertiary/aromatic N) is 2. The molecule has 2 aromatic rings. The number of hydrogen-bond donors (Lipinski definition) is 2. The summed E-state index contributed by atoms with van der Waals surface area (Å²) in [6, 6.07) is 5.69. The van der Waals surface area contributed by atoms with Crippen LogP contribution >= 0.6 is 11.3 Å². The van der Waals surface area contributed by atoms with Crippen LogP contribution in [0.15, 0.2) is 18.3 Å². The number of aromatic nitrogens is 1. The van der Waals surface area contributed by atoms with Crippen LogP contribution in [0.5, 0.6) is 0 Å². The van der Waals surface area contributed by atoms with Gasteiger partial charge in [0.25, 0.3) is 5.91 Å². The zero-order valence-corrected chi connectivity index (χ0v) is 12.4. The predicted molar refractivity (Wildman–Crippen MR) is 81.4 cm³/mol. The minimum Gasteiger partial charge on any atom is -0.312 e. The first-order chi connectivity index (χ1) is 10.2. The highest BCUT2D eigenvalue weighted by Crippen LogP contribution is 2.35. The highest BCUT2D eigenvalue weighted by atomic mass is 32.1. The number of nitriles is 1. The molecule has 3 rings (SSSR count). The smallest absolute Gasteiger partial charge is 0.258 e. The summed E-state index contributed by atoms with van der Waals surface area (Å²) in [5, 5.41) is 16.2. The number of pyridine rings is 1. The fourth-order valence-electron chi connectivity index (χ4n) is 2.44. The number of fused-ring (bicyclic) bond motifs is 1. The first-order valence-corrected chi connectivity index (χ1v) is 7.50. The third-order valence-corrected chi connectivity index (χ3v) is 4.67. The number of aryl methyl sites for hydroxylation is 1. The van der Waals surface area contributed by atoms with E-state index in [0.29, 0.717) is 21.8 Å². The van der Waals surface area contributed by atoms with Gasteiger partial charge in [-0.25, -0.2) is 0 Å². The lowest BCUT2D eigenvalue weighted by molar-refractivity contribution is 0.102. The van der Waals surface area contributed by atoms with Crippen LogP contribution in [0.25, 0.3) is 0 Å². The summed E-state index contributed by atoms with van der Waals surface area (Å²) in [6.45, 7) is 3.42. The van der Waals surface area contributed by atoms with Crippen LogP contribution in [0, 0.1) is 18.3 Å². The summed E-state index contributed by atoms with van der Waals surface area (Å²) in [5.74, 6) is -0.219. The predicted octanol–water partition coefficient (Wildman–Crippen LogP) is 2.22. The Hall–Kier alpha value is -2.23. The topological polar surface area (TPSA) is 77.8 Å². The lowest BCUT2D eigenvalue weighted by atomic mass is 10.0. The Morgan fingerprint density at radius 2 is 2.43 bits per heavy atom. The van der Waals surface area contributed by atoms with E-state index in [1.807, 2.05) is 0 Å². The van der Waals surface area contributed by atoms with Gasteiger partial charge in [0, 0.05) is 23.3 Å². The molecule has 0 aliphatic carbocycles. The lowest BCUT2D eigenvalue weighted by Crippen LogP contribution is -2.22. The second kappa shape index (κ2) is 5.64. The van der Waals surface area contributed by atoms with E-state index in [1.54, 1.807) is 25.3 Å². The molecule has 21 heavy (non-hydrogen) atoms. The fraction of sp³-hybridized carbons (Fsp3) is 0.267. The third-order valence-electron chi connectivity index (χ3n) is 3.52. The van der Waals surface area contributed by atoms with Gasteiger partial charge in [-0.2, -0.15) is 5.26 Å². The number of nitrogens with one attached hydrogen (secondary N) is 2. The number of rotatable bonds is 2. The second-order valence-corrected chi connectivity index (χ2v) is 5.94. The standard InChI is InChI=1S/C15H14N4OS/c1-9-10(3-2-5-18-9)14(20)19-15-12(7-16)11-4-6-17-8-13(11)21-15/h2-3,5,17H,4,6,8H2,1H3,(H,19,20). The number of carbonyl (C=O) groups excluding carboxylic acids is 1. The Morgan fingerprint density at radius 3 is 3.19 bits per heavy atom. The molecule has 0 atom stereocenters. The first-order valence-electron chi connectivity index (χ1n) is 6.69. The Morgan fingerprint density at radius 1 is 1.57 bits per heavy atom. The molecule has 0 unspecified atom stereocenters. The Labute approximate surface area is 126 Å². The normalized spacial score (nSPS) is 13.3. The van der Waals surface area contributed by atoms with Crippen molar-refractivity contribution in [2.75, 3.05) is 11.9 Å². The molecule has 2 N–H and O–H groups in total. The molecule has 6 heteroatoms. The van der Waals surface area contributed by atoms with E-state index in [0.717, 1.165) is 30.0 Å². The van der Waals surface area contributed by atoms with Crippen molar-refractivity contribution in [2.24, 2.45) is 0 Å². The van der Waals surface area contributed by atoms with E-state index in [1.165, 1.54) is 11.3 Å². The van der Waals surface area contributed by atoms with Gasteiger partial charge in [-0.15, -0.1) is 11.3 Å². The largest absolute Gasteiger partial charge is 0.312 e. The van der Waals surface area contributed by atoms with E-state index in [2.05, 4.69) is 21.7 Å². The van der Waals surface area contributed by atoms with Gasteiger partial charge in [0.1, 0.15) is 11.1 Å². The number of thiophene rings is 1. The molecule has 0 fully saturated rings. The Bertz CT molecular complexity index is 745. The van der Waals surface area contributed by atoms with Gasteiger partial charge < -0.3 is 10.6 Å². The van der Waals surface area contributed by atoms with E-state index < -0.39 is 0 Å². The molecule has 0 saturated carbocycles. The van der Waals surface area contributed by atoms with Crippen LogP contribution in [0.1, 0.15) is 32.1 Å². The van der Waals surface area contributed by atoms with Crippen LogP contribution in [-0.2, 0) is 13.0 Å². The molecule has 5 nitrogen and oxygen atoms in total. The van der Waals surface area contributed by atoms with Gasteiger partial charge in [-0.1, -0.05) is 0 Å². The molecule has 0 bridgehead atoms. The highest BCUT2D eigenvalue weighted by Gasteiger charge is 2.22. The maximum atomic E-state index is 12.3. The monoisotopic (exact) mass is 298 g/mol. The summed E-state index contributed by atoms with van der Waals surface area (Å²) in [7, 11) is 0. The quantitative estimate of drug-likeness (QED) is 0.891. The number of amides is 1. The van der Waals surface area contributed by atoms with Crippen molar-refractivity contribution < 1.29 is 4.79 Å². The average molecular weight is 298 g/mol. The maximum Gasteiger partial charge on any atom is 0.258 e. The molecule has 1 aliphatic rings. The van der Waals surface area contributed by atoms with Crippen LogP contribution in [-0.4, -0.2) is 17.4 Å². The molecule has 1 amide bonds. The van der Waals surface area contributed by atoms with Crippen molar-refractivity contribution in [3.8, 4) is 6.07 Å². The number of anilines is 1. The van der Waals surface area contributed by atoms with E-state index in [4.69, 9.17) is 0 Å². The number of hydrogen-bond acceptors (Lipinski definition) is 5. The van der Waals surface area contributed by atoms with Crippen molar-refractivity contribution in [3.05, 3.63) is 45.6 Å². The summed E-state index contributed by atoms with van der Waals surface area (Å²) in [4.78, 5) is 17.6. The Kier molecular flexibility index (Phi) is 3.69. The second-order valence-electron chi connectivity index (χ2n) is 4.84. The zero-order chi connectivity index (χ0) is 14.8. The third kappa shape index (κ3) is 2.53. The molecule has 106 valence electrons. The summed E-state index contributed by atoms with van der Waals surface area (Å²) >= 11 is 1.48. The summed E-state index contributed by atoms with van der Waals surface area (Å²) in [6.07, 6.45) is 2.48. The SMILES string of the molecule is Cc1ncccc1C(=O)Nc1sc2c(c1C#N)CCNC2. The molecule has 0 spiro atoms. The van der Waals surface area contributed by atoms with Gasteiger partial charge in [0.15, 0.2) is 0 Å².